The first kappa shape index (κ1) is 58.6. The summed E-state index contributed by atoms with van der Waals surface area (Å²) in [5.41, 5.74) is 29.5. The number of rotatable bonds is 7. The van der Waals surface area contributed by atoms with Gasteiger partial charge in [0.05, 0.1) is 5.69 Å². The third-order valence-corrected chi connectivity index (χ3v) is 20.8. The molecule has 0 saturated carbocycles. The molecule has 0 radical (unpaired) electrons. The van der Waals surface area contributed by atoms with Crippen molar-refractivity contribution in [2.45, 2.75) is 78.6 Å². The molecule has 4 aliphatic rings. The van der Waals surface area contributed by atoms with Crippen molar-refractivity contribution in [2.24, 2.45) is 0 Å². The summed E-state index contributed by atoms with van der Waals surface area (Å²) in [7, 11) is 0. The minimum absolute atomic E-state index is 0.0836. The number of anilines is 6. The number of furan rings is 1. The lowest BCUT2D eigenvalue weighted by Crippen LogP contribution is -2.64. The number of ether oxygens (including phenoxy) is 2. The van der Waals surface area contributed by atoms with E-state index in [1.54, 1.807) is 0 Å². The van der Waals surface area contributed by atoms with E-state index in [9.17, 15) is 0 Å². The zero-order valence-electron chi connectivity index (χ0n) is 56.3. The molecule has 1 aromatic heterocycles. The van der Waals surface area contributed by atoms with Crippen LogP contribution < -0.4 is 52.1 Å². The average Bonchev–Trinajstić information content (AvgIpc) is 1.01. The monoisotopic (exact) mass is 1250 g/mol. The Morgan fingerprint density at radius 1 is 0.289 bits per heavy atom. The van der Waals surface area contributed by atoms with Crippen LogP contribution in [0, 0.1) is 0 Å². The molecule has 7 heteroatoms. The van der Waals surface area contributed by atoms with Crippen molar-refractivity contribution in [3.05, 3.63) is 290 Å². The standard InChI is InChI=1S/C90H72B2N2O3/c1-88(2,3)62-39-41-65(42-40-62)93-74-54-75-73(53-72(74)91-70-43-37-59(55-25-14-10-15-26-55)46-80(70)96-82-48-61(45-76(93)85(82)91)66-34-24-36-79-84(66)67-33-22-23-35-78(67)95-79)92-71-44-38-60(56-27-16-11-17-28-56)47-81(71)97-83-52-64(90(7,8)9)51-77(86(83)92)94(75)87-68(57-29-18-12-19-30-57)49-63(89(4,5)6)50-69(87)58-31-20-13-21-32-58/h10-54H,1-9H3. The summed E-state index contributed by atoms with van der Waals surface area (Å²) < 4.78 is 21.8. The third-order valence-electron chi connectivity index (χ3n) is 20.8. The highest BCUT2D eigenvalue weighted by Gasteiger charge is 2.49. The third kappa shape index (κ3) is 9.52. The van der Waals surface area contributed by atoms with Crippen molar-refractivity contribution in [3.8, 4) is 78.6 Å². The maximum atomic E-state index is 7.60. The zero-order chi connectivity index (χ0) is 65.8. The van der Waals surface area contributed by atoms with Gasteiger partial charge in [-0.25, -0.2) is 0 Å². The van der Waals surface area contributed by atoms with Crippen LogP contribution in [0.2, 0.25) is 0 Å². The molecule has 0 aliphatic carbocycles. The number of fused-ring (bicyclic) bond motifs is 11. The molecule has 18 rings (SSSR count). The molecule has 0 N–H and O–H groups in total. The molecule has 0 unspecified atom stereocenters. The molecule has 0 fully saturated rings. The number of benzene rings is 13. The second-order valence-corrected chi connectivity index (χ2v) is 30.0. The highest BCUT2D eigenvalue weighted by Crippen LogP contribution is 2.54. The molecule has 5 nitrogen and oxygen atoms in total. The van der Waals surface area contributed by atoms with Crippen LogP contribution in [-0.2, 0) is 16.2 Å². The van der Waals surface area contributed by atoms with Crippen molar-refractivity contribution in [1.82, 2.24) is 0 Å². The summed E-state index contributed by atoms with van der Waals surface area (Å²) in [4.78, 5) is 5.23. The van der Waals surface area contributed by atoms with Gasteiger partial charge in [0, 0.05) is 50.3 Å². The first-order valence-corrected chi connectivity index (χ1v) is 34.2. The summed E-state index contributed by atoms with van der Waals surface area (Å²) in [6.45, 7) is 20.4. The zero-order valence-corrected chi connectivity index (χ0v) is 56.3. The fourth-order valence-corrected chi connectivity index (χ4v) is 15.8. The van der Waals surface area contributed by atoms with E-state index in [4.69, 9.17) is 13.9 Å². The van der Waals surface area contributed by atoms with Gasteiger partial charge in [-0.05, 0) is 189 Å². The maximum absolute atomic E-state index is 7.60. The molecule has 0 bridgehead atoms. The predicted octanol–water partition coefficient (Wildman–Crippen LogP) is 20.6. The van der Waals surface area contributed by atoms with Crippen LogP contribution in [0.5, 0.6) is 23.0 Å². The van der Waals surface area contributed by atoms with Crippen molar-refractivity contribution in [2.75, 3.05) is 9.80 Å². The minimum Gasteiger partial charge on any atom is -0.458 e. The fraction of sp³-hybridized carbons (Fsp3) is 0.133. The van der Waals surface area contributed by atoms with E-state index in [1.807, 2.05) is 0 Å². The van der Waals surface area contributed by atoms with E-state index >= 15 is 0 Å². The summed E-state index contributed by atoms with van der Waals surface area (Å²) >= 11 is 0. The topological polar surface area (TPSA) is 38.1 Å². The van der Waals surface area contributed by atoms with Crippen molar-refractivity contribution < 1.29 is 13.9 Å². The van der Waals surface area contributed by atoms with Crippen LogP contribution in [0.1, 0.15) is 79.0 Å². The first-order valence-electron chi connectivity index (χ1n) is 34.2. The maximum Gasteiger partial charge on any atom is 0.256 e. The van der Waals surface area contributed by atoms with Crippen molar-refractivity contribution in [3.63, 3.8) is 0 Å². The van der Waals surface area contributed by atoms with Crippen molar-refractivity contribution >= 4 is 102 Å². The normalized spacial score (nSPS) is 13.5. The van der Waals surface area contributed by atoms with Gasteiger partial charge < -0.3 is 23.7 Å². The van der Waals surface area contributed by atoms with Crippen LogP contribution in [0.15, 0.2) is 277 Å². The lowest BCUT2D eigenvalue weighted by Gasteiger charge is -2.45. The lowest BCUT2D eigenvalue weighted by atomic mass is 9.30. The van der Waals surface area contributed by atoms with E-state index in [0.29, 0.717) is 0 Å². The van der Waals surface area contributed by atoms with E-state index in [2.05, 4.69) is 345 Å². The van der Waals surface area contributed by atoms with Gasteiger partial charge in [0.1, 0.15) is 34.2 Å². The Kier molecular flexibility index (Phi) is 13.1. The van der Waals surface area contributed by atoms with Gasteiger partial charge in [-0.2, -0.15) is 0 Å². The van der Waals surface area contributed by atoms with E-state index in [-0.39, 0.29) is 29.7 Å². The van der Waals surface area contributed by atoms with E-state index < -0.39 is 0 Å². The molecule has 4 aliphatic heterocycles. The van der Waals surface area contributed by atoms with Gasteiger partial charge in [0.2, 0.25) is 0 Å². The predicted molar refractivity (Wildman–Crippen MR) is 409 cm³/mol. The Morgan fingerprint density at radius 2 is 0.753 bits per heavy atom. The molecule has 0 spiro atoms. The second kappa shape index (κ2) is 21.8. The molecule has 5 heterocycles. The van der Waals surface area contributed by atoms with Crippen LogP contribution in [0.4, 0.5) is 34.1 Å². The Balaban J connectivity index is 0.998. The van der Waals surface area contributed by atoms with Gasteiger partial charge in [-0.15, -0.1) is 0 Å². The Bertz CT molecular complexity index is 5470. The summed E-state index contributed by atoms with van der Waals surface area (Å²) in [6.07, 6.45) is 0. The smallest absolute Gasteiger partial charge is 0.256 e. The second-order valence-electron chi connectivity index (χ2n) is 30.0. The van der Waals surface area contributed by atoms with Crippen LogP contribution in [0.25, 0.3) is 77.6 Å². The molecule has 466 valence electrons. The quantitative estimate of drug-likeness (QED) is 0.149. The molecule has 97 heavy (non-hydrogen) atoms. The minimum atomic E-state index is -0.266. The SMILES string of the molecule is CC(C)(C)c1ccc(N2c3cc4c(cc3B3c5ccc(-c6ccccc6)cc5Oc5cc(-c6cccc7oc8ccccc8c67)cc2c53)B2c3ccc(-c5ccccc5)cc3Oc3cc(C(C)(C)C)cc(c32)N4c2c(-c3ccccc3)cc(C(C)(C)C)cc2-c2ccccc2)cc1. The lowest BCUT2D eigenvalue weighted by molar-refractivity contribution is 0.483. The molecular formula is C90H72B2N2O3. The molecule has 0 saturated heterocycles. The number of hydrogen-bond acceptors (Lipinski definition) is 5. The largest absolute Gasteiger partial charge is 0.458 e. The molecule has 0 amide bonds. The summed E-state index contributed by atoms with van der Waals surface area (Å²) in [5.74, 6) is 3.41. The van der Waals surface area contributed by atoms with Crippen LogP contribution in [-0.4, -0.2) is 13.4 Å². The van der Waals surface area contributed by atoms with Crippen LogP contribution >= 0.6 is 0 Å². The Labute approximate surface area is 569 Å². The highest BCUT2D eigenvalue weighted by molar-refractivity contribution is 7.02. The van der Waals surface area contributed by atoms with Gasteiger partial charge in [0.15, 0.2) is 0 Å². The molecule has 13 aromatic carbocycles. The van der Waals surface area contributed by atoms with Crippen LogP contribution in [0.3, 0.4) is 0 Å². The molecule has 0 atom stereocenters. The van der Waals surface area contributed by atoms with Gasteiger partial charge >= 0.3 is 0 Å². The molecule has 14 aromatic rings. The van der Waals surface area contributed by atoms with Gasteiger partial charge in [-0.3, -0.25) is 0 Å². The van der Waals surface area contributed by atoms with E-state index in [0.717, 1.165) is 157 Å². The average molecular weight is 1250 g/mol. The van der Waals surface area contributed by atoms with E-state index in [1.165, 1.54) is 27.6 Å². The number of hydrogen-bond donors (Lipinski definition) is 0. The highest BCUT2D eigenvalue weighted by atomic mass is 16.5. The number of para-hydroxylation sites is 1. The fourth-order valence-electron chi connectivity index (χ4n) is 15.8. The summed E-state index contributed by atoms with van der Waals surface area (Å²) in [6, 6.07) is 101. The van der Waals surface area contributed by atoms with Crippen molar-refractivity contribution in [1.29, 1.82) is 0 Å². The number of nitrogens with zero attached hydrogens (tertiary/aromatic N) is 2. The Hall–Kier alpha value is -11.0. The van der Waals surface area contributed by atoms with Gasteiger partial charge in [0.25, 0.3) is 13.4 Å². The summed E-state index contributed by atoms with van der Waals surface area (Å²) in [5, 5.41) is 2.15. The molecular weight excluding hydrogens is 1180 g/mol. The Morgan fingerprint density at radius 3 is 1.30 bits per heavy atom. The van der Waals surface area contributed by atoms with Gasteiger partial charge in [-0.1, -0.05) is 256 Å². The first-order chi connectivity index (χ1) is 47.0.